The van der Waals surface area contributed by atoms with Gasteiger partial charge in [-0.05, 0) is 72.0 Å². The van der Waals surface area contributed by atoms with E-state index >= 15 is 4.39 Å². The van der Waals surface area contributed by atoms with E-state index in [4.69, 9.17) is 4.98 Å². The number of fused-ring (bicyclic) bond motifs is 2. The van der Waals surface area contributed by atoms with Crippen LogP contribution in [0, 0.1) is 18.6 Å². The molecule has 0 amide bonds. The summed E-state index contributed by atoms with van der Waals surface area (Å²) in [5.41, 5.74) is 4.92. The van der Waals surface area contributed by atoms with Crippen LogP contribution in [-0.4, -0.2) is 29.3 Å². The largest absolute Gasteiger partial charge is 0.323 e. The lowest BCUT2D eigenvalue weighted by atomic mass is 9.99. The first-order valence-corrected chi connectivity index (χ1v) is 12.8. The summed E-state index contributed by atoms with van der Waals surface area (Å²) in [6.07, 6.45) is 8.93. The molecule has 0 bridgehead atoms. The van der Waals surface area contributed by atoms with Crippen molar-refractivity contribution in [3.63, 3.8) is 0 Å². The Morgan fingerprint density at radius 3 is 2.67 bits per heavy atom. The maximum atomic E-state index is 15.6. The second-order valence-corrected chi connectivity index (χ2v) is 10.3. The van der Waals surface area contributed by atoms with E-state index in [1.165, 1.54) is 16.7 Å². The molecule has 7 nitrogen and oxygen atoms in total. The Bertz CT molecular complexity index is 1960. The summed E-state index contributed by atoms with van der Waals surface area (Å²) < 4.78 is 33.6. The molecule has 1 saturated carbocycles. The molecule has 1 aliphatic rings. The summed E-state index contributed by atoms with van der Waals surface area (Å²) in [6.45, 7) is 1.80. The SMILES string of the molecule is Cc1cc(-c2ccnc3[nH]c(-c4cnn(C)c4)nc23)cc(F)c1Cn1ccc2cc(C3CC3)cc(F)c2c1=O. The van der Waals surface area contributed by atoms with Gasteiger partial charge in [0.1, 0.15) is 23.0 Å². The van der Waals surface area contributed by atoms with Crippen LogP contribution in [0.25, 0.3) is 44.5 Å². The lowest BCUT2D eigenvalue weighted by Crippen LogP contribution is -2.22. The number of hydrogen-bond acceptors (Lipinski definition) is 4. The molecule has 1 fully saturated rings. The van der Waals surface area contributed by atoms with Crippen LogP contribution in [0.3, 0.4) is 0 Å². The van der Waals surface area contributed by atoms with Crippen molar-refractivity contribution >= 4 is 21.9 Å². The van der Waals surface area contributed by atoms with Gasteiger partial charge in [0.05, 0.1) is 23.7 Å². The number of pyridine rings is 2. The quantitative estimate of drug-likeness (QED) is 0.308. The number of halogens is 2. The van der Waals surface area contributed by atoms with Crippen molar-refractivity contribution in [2.75, 3.05) is 0 Å². The fourth-order valence-electron chi connectivity index (χ4n) is 5.29. The van der Waals surface area contributed by atoms with E-state index in [-0.39, 0.29) is 11.9 Å². The van der Waals surface area contributed by atoms with Gasteiger partial charge < -0.3 is 9.55 Å². The summed E-state index contributed by atoms with van der Waals surface area (Å²) in [6, 6.07) is 10.2. The number of aromatic amines is 1. The molecule has 0 radical (unpaired) electrons. The van der Waals surface area contributed by atoms with Gasteiger partial charge in [-0.2, -0.15) is 5.10 Å². The molecule has 6 aromatic rings. The number of nitrogens with zero attached hydrogens (tertiary/aromatic N) is 5. The van der Waals surface area contributed by atoms with E-state index in [0.29, 0.717) is 45.0 Å². The van der Waals surface area contributed by atoms with Crippen LogP contribution in [0.4, 0.5) is 8.78 Å². The number of aryl methyl sites for hydroxylation is 2. The van der Waals surface area contributed by atoms with E-state index in [9.17, 15) is 9.18 Å². The standard InChI is InChI=1S/C30H24F2N6O/c1-16-9-20(22-5-7-33-29-27(22)35-28(36-29)21-13-34-37(2)14-21)12-24(31)23(16)15-38-8-6-18-10-19(17-3-4-17)11-25(32)26(18)30(38)39/h5-14,17H,3-4,15H2,1-2H3,(H,33,35,36). The molecular weight excluding hydrogens is 498 g/mol. The number of imidazole rings is 1. The van der Waals surface area contributed by atoms with E-state index in [2.05, 4.69) is 15.1 Å². The van der Waals surface area contributed by atoms with Crippen LogP contribution in [-0.2, 0) is 13.6 Å². The molecule has 7 rings (SSSR count). The van der Waals surface area contributed by atoms with Gasteiger partial charge in [-0.1, -0.05) is 12.1 Å². The molecule has 4 heterocycles. The third-order valence-electron chi connectivity index (χ3n) is 7.52. The van der Waals surface area contributed by atoms with Crippen LogP contribution in [0.2, 0.25) is 0 Å². The predicted octanol–water partition coefficient (Wildman–Crippen LogP) is 5.85. The van der Waals surface area contributed by atoms with Crippen LogP contribution in [0.15, 0.2) is 66.0 Å². The van der Waals surface area contributed by atoms with Gasteiger partial charge in [0, 0.05) is 36.8 Å². The lowest BCUT2D eigenvalue weighted by Gasteiger charge is -2.14. The maximum absolute atomic E-state index is 15.6. The maximum Gasteiger partial charge on any atom is 0.261 e. The minimum atomic E-state index is -0.521. The molecule has 0 unspecified atom stereocenters. The molecule has 0 aliphatic heterocycles. The van der Waals surface area contributed by atoms with Gasteiger partial charge in [-0.25, -0.2) is 18.7 Å². The van der Waals surface area contributed by atoms with Gasteiger partial charge in [0.15, 0.2) is 5.65 Å². The van der Waals surface area contributed by atoms with Crippen molar-refractivity contribution in [2.45, 2.75) is 32.2 Å². The van der Waals surface area contributed by atoms with Crippen molar-refractivity contribution in [3.8, 4) is 22.5 Å². The summed E-state index contributed by atoms with van der Waals surface area (Å²) in [4.78, 5) is 25.5. The molecule has 1 N–H and O–H groups in total. The number of H-pyrrole nitrogens is 1. The molecule has 2 aromatic carbocycles. The summed E-state index contributed by atoms with van der Waals surface area (Å²) in [5.74, 6) is 0.0350. The van der Waals surface area contributed by atoms with Crippen molar-refractivity contribution in [2.24, 2.45) is 7.05 Å². The van der Waals surface area contributed by atoms with Crippen LogP contribution >= 0.6 is 0 Å². The number of hydrogen-bond donors (Lipinski definition) is 1. The molecular formula is C30H24F2N6O. The van der Waals surface area contributed by atoms with Crippen LogP contribution in [0.1, 0.15) is 35.4 Å². The highest BCUT2D eigenvalue weighted by Crippen LogP contribution is 2.41. The highest BCUT2D eigenvalue weighted by atomic mass is 19.1. The van der Waals surface area contributed by atoms with Crippen LogP contribution < -0.4 is 5.56 Å². The number of aromatic nitrogens is 6. The Balaban J connectivity index is 1.26. The Morgan fingerprint density at radius 2 is 1.92 bits per heavy atom. The highest BCUT2D eigenvalue weighted by molar-refractivity contribution is 5.91. The predicted molar refractivity (Wildman–Crippen MR) is 145 cm³/mol. The molecule has 0 atom stereocenters. The van der Waals surface area contributed by atoms with E-state index < -0.39 is 17.2 Å². The Kier molecular flexibility index (Phi) is 5.23. The first-order chi connectivity index (χ1) is 18.9. The molecule has 0 saturated heterocycles. The zero-order valence-corrected chi connectivity index (χ0v) is 21.4. The average Bonchev–Trinajstić information content (AvgIpc) is 3.52. The van der Waals surface area contributed by atoms with E-state index in [0.717, 1.165) is 29.5 Å². The van der Waals surface area contributed by atoms with Crippen molar-refractivity contribution in [1.82, 2.24) is 29.3 Å². The first kappa shape index (κ1) is 23.5. The molecule has 39 heavy (non-hydrogen) atoms. The highest BCUT2D eigenvalue weighted by Gasteiger charge is 2.25. The van der Waals surface area contributed by atoms with Gasteiger partial charge >= 0.3 is 0 Å². The summed E-state index contributed by atoms with van der Waals surface area (Å²) in [5, 5.41) is 4.81. The van der Waals surface area contributed by atoms with Gasteiger partial charge in [-0.15, -0.1) is 0 Å². The smallest absolute Gasteiger partial charge is 0.261 e. The number of benzene rings is 2. The minimum Gasteiger partial charge on any atom is -0.323 e. The number of rotatable bonds is 5. The molecule has 0 spiro atoms. The Morgan fingerprint density at radius 1 is 1.08 bits per heavy atom. The van der Waals surface area contributed by atoms with Crippen molar-refractivity contribution < 1.29 is 8.78 Å². The Hall–Kier alpha value is -4.66. The minimum absolute atomic E-state index is 0.00411. The van der Waals surface area contributed by atoms with Gasteiger partial charge in [-0.3, -0.25) is 9.48 Å². The lowest BCUT2D eigenvalue weighted by molar-refractivity contribution is 0.594. The second-order valence-electron chi connectivity index (χ2n) is 10.3. The van der Waals surface area contributed by atoms with Crippen molar-refractivity contribution in [3.05, 3.63) is 99.9 Å². The molecule has 9 heteroatoms. The van der Waals surface area contributed by atoms with E-state index in [1.807, 2.05) is 25.4 Å². The number of nitrogens with one attached hydrogen (secondary N) is 1. The average molecular weight is 523 g/mol. The fourth-order valence-corrected chi connectivity index (χ4v) is 5.29. The molecule has 4 aromatic heterocycles. The monoisotopic (exact) mass is 522 g/mol. The second kappa shape index (κ2) is 8.69. The third kappa shape index (κ3) is 4.01. The van der Waals surface area contributed by atoms with Crippen LogP contribution in [0.5, 0.6) is 0 Å². The third-order valence-corrected chi connectivity index (χ3v) is 7.52. The van der Waals surface area contributed by atoms with Gasteiger partial charge in [0.25, 0.3) is 5.56 Å². The zero-order valence-electron chi connectivity index (χ0n) is 21.4. The van der Waals surface area contributed by atoms with Crippen molar-refractivity contribution in [1.29, 1.82) is 0 Å². The van der Waals surface area contributed by atoms with E-state index in [1.54, 1.807) is 42.3 Å². The fraction of sp³-hybridized carbons (Fsp3) is 0.200. The Labute approximate surface area is 221 Å². The molecule has 1 aliphatic carbocycles. The van der Waals surface area contributed by atoms with Gasteiger partial charge in [0.2, 0.25) is 0 Å². The molecule has 194 valence electrons. The zero-order chi connectivity index (χ0) is 26.8. The summed E-state index contributed by atoms with van der Waals surface area (Å²) >= 11 is 0. The summed E-state index contributed by atoms with van der Waals surface area (Å²) in [7, 11) is 1.83. The normalized spacial score (nSPS) is 13.5. The first-order valence-electron chi connectivity index (χ1n) is 12.8. The topological polar surface area (TPSA) is 81.4 Å².